The van der Waals surface area contributed by atoms with Crippen molar-refractivity contribution in [2.75, 3.05) is 38.2 Å². The van der Waals surface area contributed by atoms with Crippen LogP contribution in [-0.2, 0) is 0 Å². The zero-order chi connectivity index (χ0) is 22.7. The number of benzene rings is 2. The van der Waals surface area contributed by atoms with E-state index in [0.717, 1.165) is 11.4 Å². The van der Waals surface area contributed by atoms with E-state index in [0.29, 0.717) is 40.8 Å². The van der Waals surface area contributed by atoms with Gasteiger partial charge in [0.25, 0.3) is 5.91 Å². The van der Waals surface area contributed by atoms with Gasteiger partial charge in [0, 0.05) is 29.7 Å². The van der Waals surface area contributed by atoms with E-state index >= 15 is 0 Å². The van der Waals surface area contributed by atoms with Crippen molar-refractivity contribution in [1.82, 2.24) is 4.98 Å². The van der Waals surface area contributed by atoms with Crippen LogP contribution in [0.3, 0.4) is 0 Å². The first-order valence-electron chi connectivity index (χ1n) is 10.2. The van der Waals surface area contributed by atoms with Gasteiger partial charge >= 0.3 is 0 Å². The predicted molar refractivity (Wildman–Crippen MR) is 121 cm³/mol. The molecule has 0 bridgehead atoms. The summed E-state index contributed by atoms with van der Waals surface area (Å²) < 4.78 is 21.9. The van der Waals surface area contributed by atoms with Crippen LogP contribution in [0.5, 0.6) is 23.0 Å². The number of rotatable bonds is 8. The van der Waals surface area contributed by atoms with Crippen LogP contribution in [-0.4, -0.2) is 38.8 Å². The Morgan fingerprint density at radius 3 is 2.28 bits per heavy atom. The van der Waals surface area contributed by atoms with Crippen molar-refractivity contribution in [3.63, 3.8) is 0 Å². The molecule has 2 aromatic carbocycles. The van der Waals surface area contributed by atoms with Crippen LogP contribution in [0.2, 0.25) is 0 Å². The van der Waals surface area contributed by atoms with E-state index in [1.807, 2.05) is 31.2 Å². The number of hydrogen-bond donors (Lipinski definition) is 1. The molecule has 0 saturated carbocycles. The summed E-state index contributed by atoms with van der Waals surface area (Å²) in [6.45, 7) is 2.50. The molecule has 0 saturated heterocycles. The first kappa shape index (κ1) is 21.3. The molecular weight excluding hydrogens is 410 g/mol. The maximum atomic E-state index is 13.3. The fraction of sp³-hybridized carbons (Fsp3) is 0.250. The number of anilines is 2. The maximum Gasteiger partial charge on any atom is 0.262 e. The van der Waals surface area contributed by atoms with Crippen LogP contribution in [0.25, 0.3) is 0 Å². The monoisotopic (exact) mass is 435 g/mol. The lowest BCUT2D eigenvalue weighted by molar-refractivity contribution is 0.0993. The molecule has 2 heterocycles. The highest BCUT2D eigenvalue weighted by molar-refractivity contribution is 6.11. The Morgan fingerprint density at radius 1 is 1.00 bits per heavy atom. The number of methoxy groups -OCH3 is 3. The maximum absolute atomic E-state index is 13.3. The highest BCUT2D eigenvalue weighted by Gasteiger charge is 2.39. The topological polar surface area (TPSA) is 82.2 Å². The smallest absolute Gasteiger partial charge is 0.262 e. The number of hydrogen-bond acceptors (Lipinski definition) is 7. The number of carbonyl (C=O) groups is 1. The van der Waals surface area contributed by atoms with Crippen molar-refractivity contribution in [1.29, 1.82) is 0 Å². The average Bonchev–Trinajstić information content (AvgIpc) is 3.10. The van der Waals surface area contributed by atoms with E-state index in [1.165, 1.54) is 0 Å². The number of fused-ring (bicyclic) bond motifs is 1. The standard InChI is InChI=1S/C24H25N3O5/c1-5-32-17-10-8-16(9-11-17)27-23(21-18(24(27)28)7-6-12-25-21)26-15-13-19(29-2)22(31-4)20(14-15)30-3/h6-14,23,26H,5H2,1-4H3. The van der Waals surface area contributed by atoms with Crippen LogP contribution in [0.1, 0.15) is 29.1 Å². The van der Waals surface area contributed by atoms with E-state index in [1.54, 1.807) is 56.7 Å². The SMILES string of the molecule is CCOc1ccc(N2C(=O)c3cccnc3C2Nc2cc(OC)c(OC)c(OC)c2)cc1. The van der Waals surface area contributed by atoms with Gasteiger partial charge in [-0.1, -0.05) is 0 Å². The molecule has 1 atom stereocenters. The van der Waals surface area contributed by atoms with Crippen molar-refractivity contribution >= 4 is 17.3 Å². The van der Waals surface area contributed by atoms with Crippen LogP contribution in [0, 0.1) is 0 Å². The molecule has 8 heteroatoms. The Hall–Kier alpha value is -3.94. The lowest BCUT2D eigenvalue weighted by Gasteiger charge is -2.27. The molecule has 1 amide bonds. The molecule has 0 spiro atoms. The van der Waals surface area contributed by atoms with Gasteiger partial charge in [0.05, 0.1) is 39.2 Å². The molecule has 1 aliphatic heterocycles. The molecule has 8 nitrogen and oxygen atoms in total. The molecule has 4 rings (SSSR count). The Kier molecular flexibility index (Phi) is 6.02. The Labute approximate surface area is 186 Å². The van der Waals surface area contributed by atoms with Crippen molar-refractivity contribution in [2.24, 2.45) is 0 Å². The molecule has 1 aliphatic rings. The molecule has 3 aromatic rings. The lowest BCUT2D eigenvalue weighted by atomic mass is 10.2. The summed E-state index contributed by atoms with van der Waals surface area (Å²) in [5.74, 6) is 2.11. The summed E-state index contributed by atoms with van der Waals surface area (Å²) in [4.78, 5) is 19.5. The van der Waals surface area contributed by atoms with Gasteiger partial charge in [0.15, 0.2) is 17.7 Å². The Balaban J connectivity index is 1.75. The van der Waals surface area contributed by atoms with Gasteiger partial charge in [0.2, 0.25) is 5.75 Å². The van der Waals surface area contributed by atoms with Crippen LogP contribution in [0.15, 0.2) is 54.7 Å². The molecule has 1 unspecified atom stereocenters. The summed E-state index contributed by atoms with van der Waals surface area (Å²) in [6, 6.07) is 14.5. The second-order valence-corrected chi connectivity index (χ2v) is 7.00. The minimum Gasteiger partial charge on any atom is -0.494 e. The fourth-order valence-corrected chi connectivity index (χ4v) is 3.78. The van der Waals surface area contributed by atoms with Crippen molar-refractivity contribution in [3.05, 3.63) is 66.0 Å². The highest BCUT2D eigenvalue weighted by atomic mass is 16.5. The Bertz CT molecular complexity index is 1090. The molecule has 0 aliphatic carbocycles. The van der Waals surface area contributed by atoms with Gasteiger partial charge in [-0.25, -0.2) is 0 Å². The van der Waals surface area contributed by atoms with E-state index in [-0.39, 0.29) is 5.91 Å². The van der Waals surface area contributed by atoms with E-state index in [4.69, 9.17) is 18.9 Å². The average molecular weight is 435 g/mol. The third kappa shape index (κ3) is 3.75. The minimum absolute atomic E-state index is 0.137. The minimum atomic E-state index is -0.528. The Morgan fingerprint density at radius 2 is 1.69 bits per heavy atom. The molecule has 166 valence electrons. The van der Waals surface area contributed by atoms with Crippen LogP contribution < -0.4 is 29.2 Å². The second kappa shape index (κ2) is 9.05. The number of aromatic nitrogens is 1. The number of carbonyl (C=O) groups excluding carboxylic acids is 1. The number of pyridine rings is 1. The van der Waals surface area contributed by atoms with E-state index in [9.17, 15) is 4.79 Å². The molecule has 32 heavy (non-hydrogen) atoms. The summed E-state index contributed by atoms with van der Waals surface area (Å²) in [5, 5.41) is 3.41. The fourth-order valence-electron chi connectivity index (χ4n) is 3.78. The quantitative estimate of drug-likeness (QED) is 0.566. The van der Waals surface area contributed by atoms with Crippen molar-refractivity contribution < 1.29 is 23.7 Å². The predicted octanol–water partition coefficient (Wildman–Crippen LogP) is 4.28. The van der Waals surface area contributed by atoms with Crippen molar-refractivity contribution in [3.8, 4) is 23.0 Å². The third-order valence-electron chi connectivity index (χ3n) is 5.20. The normalized spacial score (nSPS) is 14.7. The van der Waals surface area contributed by atoms with Gasteiger partial charge < -0.3 is 24.3 Å². The molecule has 0 fully saturated rings. The van der Waals surface area contributed by atoms with Crippen molar-refractivity contribution in [2.45, 2.75) is 13.1 Å². The van der Waals surface area contributed by atoms with Gasteiger partial charge in [-0.2, -0.15) is 0 Å². The number of nitrogens with zero attached hydrogens (tertiary/aromatic N) is 2. The van der Waals surface area contributed by atoms with Gasteiger partial charge in [-0.3, -0.25) is 14.7 Å². The summed E-state index contributed by atoms with van der Waals surface area (Å²) in [7, 11) is 4.67. The first-order chi connectivity index (χ1) is 15.6. The lowest BCUT2D eigenvalue weighted by Crippen LogP contribution is -2.32. The van der Waals surface area contributed by atoms with Gasteiger partial charge in [-0.15, -0.1) is 0 Å². The number of nitrogens with one attached hydrogen (secondary N) is 1. The molecular formula is C24H25N3O5. The number of amides is 1. The number of ether oxygens (including phenoxy) is 4. The van der Waals surface area contributed by atoms with E-state index in [2.05, 4.69) is 10.3 Å². The molecule has 1 aromatic heterocycles. The zero-order valence-corrected chi connectivity index (χ0v) is 18.4. The summed E-state index contributed by atoms with van der Waals surface area (Å²) in [6.07, 6.45) is 1.15. The highest BCUT2D eigenvalue weighted by Crippen LogP contribution is 2.43. The first-order valence-corrected chi connectivity index (χ1v) is 10.2. The summed E-state index contributed by atoms with van der Waals surface area (Å²) >= 11 is 0. The zero-order valence-electron chi connectivity index (χ0n) is 18.4. The van der Waals surface area contributed by atoms with Crippen LogP contribution >= 0.6 is 0 Å². The molecule has 0 radical (unpaired) electrons. The molecule has 1 N–H and O–H groups in total. The van der Waals surface area contributed by atoms with E-state index < -0.39 is 6.17 Å². The van der Waals surface area contributed by atoms with Gasteiger partial charge in [-0.05, 0) is 43.3 Å². The van der Waals surface area contributed by atoms with Gasteiger partial charge in [0.1, 0.15) is 5.75 Å². The second-order valence-electron chi connectivity index (χ2n) is 7.00. The summed E-state index contributed by atoms with van der Waals surface area (Å²) in [5.41, 5.74) is 2.60. The van der Waals surface area contributed by atoms with Crippen LogP contribution in [0.4, 0.5) is 11.4 Å². The third-order valence-corrected chi connectivity index (χ3v) is 5.20. The largest absolute Gasteiger partial charge is 0.494 e.